The molecule has 0 radical (unpaired) electrons. The molecule has 3 aromatic heterocycles. The van der Waals surface area contributed by atoms with Gasteiger partial charge in [0, 0.05) is 34.3 Å². The Kier molecular flexibility index (Phi) is 7.59. The second-order valence-corrected chi connectivity index (χ2v) is 14.2. The summed E-state index contributed by atoms with van der Waals surface area (Å²) >= 11 is 0. The SMILES string of the molecule is Cc1ccc2c(-c3cc(-c4cc(-c5ccnc6ccccc56)cc(-c5ccnc6ccccc56)c4)nc(-c4cccc5cc(C)ccc45)c3)cccc2c1. The van der Waals surface area contributed by atoms with E-state index >= 15 is 0 Å². The highest BCUT2D eigenvalue weighted by Gasteiger charge is 2.17. The average Bonchev–Trinajstić information content (AvgIpc) is 3.22. The number of aromatic nitrogens is 3. The first kappa shape index (κ1) is 31.7. The molecule has 54 heavy (non-hydrogen) atoms. The molecule has 0 bridgehead atoms. The highest BCUT2D eigenvalue weighted by atomic mass is 14.7. The Morgan fingerprint density at radius 1 is 0.333 bits per heavy atom. The standard InChI is InChI=1S/C51H35N3/c1-32-17-19-41-34(25-32)9-7-13-40(41)38-30-50(54-51(31-38)47-14-8-10-35-26-33(2)18-20-42(35)47)39-28-36(43-21-23-52-48-15-5-3-11-45(43)48)27-37(29-39)44-22-24-53-49-16-6-4-12-46(44)49/h3-31H,1-2H3. The third kappa shape index (κ3) is 5.58. The fourth-order valence-electron chi connectivity index (χ4n) is 8.03. The van der Waals surface area contributed by atoms with Crippen molar-refractivity contribution in [3.8, 4) is 55.9 Å². The zero-order chi connectivity index (χ0) is 36.2. The molecular formula is C51H35N3. The van der Waals surface area contributed by atoms with Gasteiger partial charge in [-0.15, -0.1) is 0 Å². The van der Waals surface area contributed by atoms with Crippen LogP contribution in [0.4, 0.5) is 0 Å². The zero-order valence-corrected chi connectivity index (χ0v) is 30.1. The summed E-state index contributed by atoms with van der Waals surface area (Å²) in [5, 5.41) is 7.07. The van der Waals surface area contributed by atoms with Crippen molar-refractivity contribution < 1.29 is 0 Å². The number of benzene rings is 7. The van der Waals surface area contributed by atoms with Gasteiger partial charge in [0.25, 0.3) is 0 Å². The van der Waals surface area contributed by atoms with Gasteiger partial charge in [0.2, 0.25) is 0 Å². The molecule has 3 nitrogen and oxygen atoms in total. The topological polar surface area (TPSA) is 38.7 Å². The lowest BCUT2D eigenvalue weighted by Crippen LogP contribution is -1.95. The van der Waals surface area contributed by atoms with E-state index in [-0.39, 0.29) is 0 Å². The number of rotatable bonds is 5. The van der Waals surface area contributed by atoms with E-state index in [4.69, 9.17) is 15.0 Å². The molecule has 0 spiro atoms. The molecule has 7 aromatic carbocycles. The van der Waals surface area contributed by atoms with Crippen LogP contribution in [-0.2, 0) is 0 Å². The smallest absolute Gasteiger partial charge is 0.0721 e. The van der Waals surface area contributed by atoms with E-state index in [1.807, 2.05) is 24.5 Å². The minimum absolute atomic E-state index is 0.913. The number of pyridine rings is 3. The summed E-state index contributed by atoms with van der Waals surface area (Å²) in [4.78, 5) is 14.9. The van der Waals surface area contributed by atoms with Crippen LogP contribution in [0.25, 0.3) is 99.2 Å². The summed E-state index contributed by atoms with van der Waals surface area (Å²) in [7, 11) is 0. The van der Waals surface area contributed by atoms with Crippen molar-refractivity contribution in [3.05, 3.63) is 187 Å². The predicted molar refractivity (Wildman–Crippen MR) is 227 cm³/mol. The fourth-order valence-corrected chi connectivity index (χ4v) is 8.03. The Morgan fingerprint density at radius 2 is 0.815 bits per heavy atom. The zero-order valence-electron chi connectivity index (χ0n) is 30.1. The molecule has 0 saturated carbocycles. The van der Waals surface area contributed by atoms with Crippen molar-refractivity contribution in [2.45, 2.75) is 13.8 Å². The quantitative estimate of drug-likeness (QED) is 0.181. The van der Waals surface area contributed by atoms with Gasteiger partial charge in [0.15, 0.2) is 0 Å². The maximum Gasteiger partial charge on any atom is 0.0721 e. The van der Waals surface area contributed by atoms with Crippen molar-refractivity contribution in [3.63, 3.8) is 0 Å². The maximum atomic E-state index is 5.54. The summed E-state index contributed by atoms with van der Waals surface area (Å²) in [6, 6.07) is 59.0. The van der Waals surface area contributed by atoms with E-state index in [1.54, 1.807) is 0 Å². The van der Waals surface area contributed by atoms with E-state index < -0.39 is 0 Å². The maximum absolute atomic E-state index is 5.54. The van der Waals surface area contributed by atoms with Crippen LogP contribution in [0.3, 0.4) is 0 Å². The highest BCUT2D eigenvalue weighted by Crippen LogP contribution is 2.40. The molecule has 0 fully saturated rings. The van der Waals surface area contributed by atoms with Crippen molar-refractivity contribution in [1.82, 2.24) is 15.0 Å². The van der Waals surface area contributed by atoms with Crippen LogP contribution >= 0.6 is 0 Å². The normalized spacial score (nSPS) is 11.5. The molecule has 3 heteroatoms. The van der Waals surface area contributed by atoms with E-state index in [2.05, 4.69) is 166 Å². The first-order valence-electron chi connectivity index (χ1n) is 18.4. The second kappa shape index (κ2) is 12.9. The number of nitrogens with zero attached hydrogens (tertiary/aromatic N) is 3. The Bertz CT molecular complexity index is 2870. The van der Waals surface area contributed by atoms with Gasteiger partial charge >= 0.3 is 0 Å². The summed E-state index contributed by atoms with van der Waals surface area (Å²) in [5.41, 5.74) is 15.2. The molecule has 0 unspecified atom stereocenters. The number of hydrogen-bond donors (Lipinski definition) is 0. The Hall–Kier alpha value is -6.97. The van der Waals surface area contributed by atoms with Gasteiger partial charge in [-0.1, -0.05) is 120 Å². The van der Waals surface area contributed by atoms with Gasteiger partial charge in [0.05, 0.1) is 22.4 Å². The molecule has 0 atom stereocenters. The van der Waals surface area contributed by atoms with Crippen LogP contribution in [0.15, 0.2) is 176 Å². The van der Waals surface area contributed by atoms with Crippen LogP contribution in [0.5, 0.6) is 0 Å². The molecule has 10 aromatic rings. The molecule has 10 rings (SSSR count). The summed E-state index contributed by atoms with van der Waals surface area (Å²) in [5.74, 6) is 0. The fraction of sp³-hybridized carbons (Fsp3) is 0.0392. The van der Waals surface area contributed by atoms with Crippen molar-refractivity contribution >= 4 is 43.4 Å². The van der Waals surface area contributed by atoms with Crippen LogP contribution in [0.2, 0.25) is 0 Å². The summed E-state index contributed by atoms with van der Waals surface area (Å²) in [6.07, 6.45) is 3.82. The van der Waals surface area contributed by atoms with Gasteiger partial charge in [-0.05, 0) is 123 Å². The number of fused-ring (bicyclic) bond motifs is 4. The first-order valence-corrected chi connectivity index (χ1v) is 18.4. The van der Waals surface area contributed by atoms with E-state index in [9.17, 15) is 0 Å². The van der Waals surface area contributed by atoms with Crippen LogP contribution < -0.4 is 0 Å². The van der Waals surface area contributed by atoms with Crippen molar-refractivity contribution in [1.29, 1.82) is 0 Å². The molecule has 0 N–H and O–H groups in total. The van der Waals surface area contributed by atoms with Gasteiger partial charge < -0.3 is 0 Å². The third-order valence-corrected chi connectivity index (χ3v) is 10.6. The number of hydrogen-bond acceptors (Lipinski definition) is 3. The predicted octanol–water partition coefficient (Wildman–Crippen LogP) is 13.4. The Morgan fingerprint density at radius 3 is 1.43 bits per heavy atom. The Balaban J connectivity index is 1.28. The highest BCUT2D eigenvalue weighted by molar-refractivity contribution is 6.02. The molecule has 0 aliphatic rings. The minimum Gasteiger partial charge on any atom is -0.256 e. The molecule has 0 saturated heterocycles. The van der Waals surface area contributed by atoms with Gasteiger partial charge in [-0.3, -0.25) is 9.97 Å². The van der Waals surface area contributed by atoms with Crippen LogP contribution in [-0.4, -0.2) is 15.0 Å². The van der Waals surface area contributed by atoms with Gasteiger partial charge in [-0.2, -0.15) is 0 Å². The summed E-state index contributed by atoms with van der Waals surface area (Å²) < 4.78 is 0. The molecule has 254 valence electrons. The lowest BCUT2D eigenvalue weighted by Gasteiger charge is -2.16. The van der Waals surface area contributed by atoms with Gasteiger partial charge in [-0.25, -0.2) is 4.98 Å². The molecule has 3 heterocycles. The molecule has 0 amide bonds. The van der Waals surface area contributed by atoms with E-state index in [0.717, 1.165) is 72.1 Å². The lowest BCUT2D eigenvalue weighted by molar-refractivity contribution is 1.33. The third-order valence-electron chi connectivity index (χ3n) is 10.6. The average molecular weight is 690 g/mol. The second-order valence-electron chi connectivity index (χ2n) is 14.2. The van der Waals surface area contributed by atoms with E-state index in [0.29, 0.717) is 0 Å². The lowest BCUT2D eigenvalue weighted by atomic mass is 9.90. The largest absolute Gasteiger partial charge is 0.256 e. The monoisotopic (exact) mass is 689 g/mol. The van der Waals surface area contributed by atoms with E-state index in [1.165, 1.54) is 38.2 Å². The van der Waals surface area contributed by atoms with Crippen LogP contribution in [0, 0.1) is 13.8 Å². The summed E-state index contributed by atoms with van der Waals surface area (Å²) in [6.45, 7) is 4.30. The molecular weight excluding hydrogens is 655 g/mol. The van der Waals surface area contributed by atoms with Crippen molar-refractivity contribution in [2.24, 2.45) is 0 Å². The molecule has 0 aliphatic heterocycles. The van der Waals surface area contributed by atoms with Gasteiger partial charge in [0.1, 0.15) is 0 Å². The van der Waals surface area contributed by atoms with Crippen molar-refractivity contribution in [2.75, 3.05) is 0 Å². The number of aryl methyl sites for hydroxylation is 2. The number of para-hydroxylation sites is 2. The van der Waals surface area contributed by atoms with Crippen LogP contribution in [0.1, 0.15) is 11.1 Å². The minimum atomic E-state index is 0.913. The first-order chi connectivity index (χ1) is 26.6. The Labute approximate surface area is 314 Å². The molecule has 0 aliphatic carbocycles.